The summed E-state index contributed by atoms with van der Waals surface area (Å²) in [5.74, 6) is -0.964. The third-order valence-electron chi connectivity index (χ3n) is 2.74. The smallest absolute Gasteiger partial charge is 0.314 e. The quantitative estimate of drug-likeness (QED) is 0.469. The minimum Gasteiger partial charge on any atom is -0.481 e. The summed E-state index contributed by atoms with van der Waals surface area (Å²) in [5.41, 5.74) is 7.87. The fraction of sp³-hybridized carbons (Fsp3) is 0.364. The lowest BCUT2D eigenvalue weighted by Gasteiger charge is -2.26. The van der Waals surface area contributed by atoms with E-state index in [0.29, 0.717) is 12.0 Å². The van der Waals surface area contributed by atoms with Gasteiger partial charge in [-0.25, -0.2) is 0 Å². The normalized spacial score (nSPS) is 13.6. The van der Waals surface area contributed by atoms with Gasteiger partial charge in [0.05, 0.1) is 5.41 Å². The minimum atomic E-state index is -1.12. The molecule has 5 nitrogen and oxygen atoms in total. The number of carboxylic acid groups (broad SMARTS) is 1. The molecule has 84 valence electrons. The maximum atomic E-state index is 11.4. The summed E-state index contributed by atoms with van der Waals surface area (Å²) in [7, 11) is 0. The van der Waals surface area contributed by atoms with Gasteiger partial charge in [-0.1, -0.05) is 42.4 Å². The Labute approximate surface area is 93.3 Å². The van der Waals surface area contributed by atoms with Crippen molar-refractivity contribution in [1.82, 2.24) is 0 Å². The Morgan fingerprint density at radius 1 is 1.50 bits per heavy atom. The highest BCUT2D eigenvalue weighted by Gasteiger charge is 2.37. The monoisotopic (exact) mass is 219 g/mol. The van der Waals surface area contributed by atoms with Crippen LogP contribution in [0.3, 0.4) is 0 Å². The summed E-state index contributed by atoms with van der Waals surface area (Å²) < 4.78 is 0. The number of nitrogens with zero attached hydrogens (tertiary/aromatic N) is 3. The first-order valence-corrected chi connectivity index (χ1v) is 4.97. The number of carboxylic acids is 1. The van der Waals surface area contributed by atoms with Crippen molar-refractivity contribution in [3.63, 3.8) is 0 Å². The number of benzene rings is 1. The van der Waals surface area contributed by atoms with Gasteiger partial charge in [0.2, 0.25) is 0 Å². The molecular weight excluding hydrogens is 206 g/mol. The van der Waals surface area contributed by atoms with E-state index in [-0.39, 0.29) is 6.54 Å². The molecule has 0 aliphatic heterocycles. The fourth-order valence-corrected chi connectivity index (χ4v) is 1.66. The summed E-state index contributed by atoms with van der Waals surface area (Å²) in [5, 5.41) is 12.7. The predicted octanol–water partition coefficient (Wildman–Crippen LogP) is 2.73. The van der Waals surface area contributed by atoms with E-state index in [4.69, 9.17) is 5.53 Å². The van der Waals surface area contributed by atoms with Crippen molar-refractivity contribution >= 4 is 5.97 Å². The highest BCUT2D eigenvalue weighted by Crippen LogP contribution is 2.28. The summed E-state index contributed by atoms with van der Waals surface area (Å²) in [6.45, 7) is 1.70. The van der Waals surface area contributed by atoms with Crippen molar-refractivity contribution in [3.8, 4) is 0 Å². The zero-order chi connectivity index (χ0) is 12.0. The highest BCUT2D eigenvalue weighted by molar-refractivity contribution is 5.81. The maximum Gasteiger partial charge on any atom is 0.314 e. The number of hydrogen-bond donors (Lipinski definition) is 1. The average Bonchev–Trinajstić information content (AvgIpc) is 2.31. The van der Waals surface area contributed by atoms with E-state index in [1.54, 1.807) is 31.2 Å². The van der Waals surface area contributed by atoms with Crippen LogP contribution in [0, 0.1) is 0 Å². The molecule has 0 spiro atoms. The average molecular weight is 219 g/mol. The van der Waals surface area contributed by atoms with Crippen molar-refractivity contribution in [2.75, 3.05) is 6.54 Å². The Kier molecular flexibility index (Phi) is 3.91. The van der Waals surface area contributed by atoms with Gasteiger partial charge in [-0.2, -0.15) is 0 Å². The highest BCUT2D eigenvalue weighted by atomic mass is 16.4. The number of rotatable bonds is 5. The molecule has 0 saturated heterocycles. The molecule has 1 aromatic carbocycles. The molecule has 0 amide bonds. The van der Waals surface area contributed by atoms with Crippen LogP contribution in [0.1, 0.15) is 18.9 Å². The number of hydrogen-bond acceptors (Lipinski definition) is 2. The maximum absolute atomic E-state index is 11.4. The van der Waals surface area contributed by atoms with E-state index in [2.05, 4.69) is 10.0 Å². The number of azide groups is 1. The molecule has 1 aromatic rings. The van der Waals surface area contributed by atoms with Crippen molar-refractivity contribution in [2.45, 2.75) is 18.8 Å². The SMILES string of the molecule is CCC(CN=[N+]=[N-])(C(=O)O)c1ccccc1. The first kappa shape index (κ1) is 12.1. The van der Waals surface area contributed by atoms with Gasteiger partial charge in [0.15, 0.2) is 0 Å². The van der Waals surface area contributed by atoms with Gasteiger partial charge < -0.3 is 5.11 Å². The van der Waals surface area contributed by atoms with Gasteiger partial charge in [0, 0.05) is 11.5 Å². The molecule has 16 heavy (non-hydrogen) atoms. The van der Waals surface area contributed by atoms with E-state index >= 15 is 0 Å². The van der Waals surface area contributed by atoms with Crippen molar-refractivity contribution in [3.05, 3.63) is 46.3 Å². The summed E-state index contributed by atoms with van der Waals surface area (Å²) in [4.78, 5) is 14.0. The van der Waals surface area contributed by atoms with Crippen LogP contribution in [0.5, 0.6) is 0 Å². The molecule has 0 aliphatic rings. The Morgan fingerprint density at radius 3 is 2.56 bits per heavy atom. The molecule has 1 atom stereocenters. The molecule has 0 saturated carbocycles. The predicted molar refractivity (Wildman–Crippen MR) is 60.1 cm³/mol. The van der Waals surface area contributed by atoms with E-state index in [0.717, 1.165) is 0 Å². The van der Waals surface area contributed by atoms with Gasteiger partial charge in [-0.3, -0.25) is 4.79 Å². The third-order valence-corrected chi connectivity index (χ3v) is 2.74. The summed E-state index contributed by atoms with van der Waals surface area (Å²) in [6, 6.07) is 8.85. The van der Waals surface area contributed by atoms with E-state index < -0.39 is 11.4 Å². The van der Waals surface area contributed by atoms with Crippen molar-refractivity contribution < 1.29 is 9.90 Å². The van der Waals surface area contributed by atoms with Crippen LogP contribution in [0.4, 0.5) is 0 Å². The van der Waals surface area contributed by atoms with Crippen LogP contribution < -0.4 is 0 Å². The van der Waals surface area contributed by atoms with E-state index in [9.17, 15) is 9.90 Å². The molecular formula is C11H13N3O2. The third kappa shape index (κ3) is 2.15. The molecule has 0 fully saturated rings. The van der Waals surface area contributed by atoms with E-state index in [1.807, 2.05) is 6.07 Å². The first-order valence-electron chi connectivity index (χ1n) is 4.97. The topological polar surface area (TPSA) is 86.1 Å². The van der Waals surface area contributed by atoms with Crippen LogP contribution in [0.2, 0.25) is 0 Å². The lowest BCUT2D eigenvalue weighted by molar-refractivity contribution is -0.143. The molecule has 5 heteroatoms. The van der Waals surface area contributed by atoms with Crippen LogP contribution >= 0.6 is 0 Å². The van der Waals surface area contributed by atoms with Gasteiger partial charge in [0.1, 0.15) is 0 Å². The second-order valence-electron chi connectivity index (χ2n) is 3.50. The zero-order valence-electron chi connectivity index (χ0n) is 9.00. The van der Waals surface area contributed by atoms with E-state index in [1.165, 1.54) is 0 Å². The molecule has 0 aliphatic carbocycles. The van der Waals surface area contributed by atoms with Crippen molar-refractivity contribution in [1.29, 1.82) is 0 Å². The molecule has 1 rings (SSSR count). The molecule has 0 heterocycles. The van der Waals surface area contributed by atoms with Crippen LogP contribution in [0.15, 0.2) is 35.4 Å². The van der Waals surface area contributed by atoms with Crippen LogP contribution in [-0.4, -0.2) is 17.6 Å². The molecule has 0 aromatic heterocycles. The number of aliphatic carboxylic acids is 1. The van der Waals surface area contributed by atoms with Gasteiger partial charge >= 0.3 is 5.97 Å². The van der Waals surface area contributed by atoms with Crippen LogP contribution in [-0.2, 0) is 10.2 Å². The van der Waals surface area contributed by atoms with Gasteiger partial charge in [0.25, 0.3) is 0 Å². The Hall–Kier alpha value is -2.00. The second-order valence-corrected chi connectivity index (χ2v) is 3.50. The first-order chi connectivity index (χ1) is 7.67. The summed E-state index contributed by atoms with van der Waals surface area (Å²) in [6.07, 6.45) is 0.380. The number of carbonyl (C=O) groups is 1. The lowest BCUT2D eigenvalue weighted by atomic mass is 9.78. The van der Waals surface area contributed by atoms with Crippen molar-refractivity contribution in [2.24, 2.45) is 5.11 Å². The molecule has 1 N–H and O–H groups in total. The zero-order valence-corrected chi connectivity index (χ0v) is 9.00. The molecule has 0 radical (unpaired) electrons. The fourth-order valence-electron chi connectivity index (χ4n) is 1.66. The second kappa shape index (κ2) is 5.19. The standard InChI is InChI=1S/C11H13N3O2/c1-2-11(10(15)16,8-13-14-12)9-6-4-3-5-7-9/h3-7H,2,8H2,1H3,(H,15,16). The largest absolute Gasteiger partial charge is 0.481 e. The summed E-state index contributed by atoms with van der Waals surface area (Å²) >= 11 is 0. The minimum absolute atomic E-state index is 0.0701. The molecule has 1 unspecified atom stereocenters. The Morgan fingerprint density at radius 2 is 2.12 bits per heavy atom. The van der Waals surface area contributed by atoms with Crippen LogP contribution in [0.25, 0.3) is 10.4 Å². The van der Waals surface area contributed by atoms with Gasteiger partial charge in [-0.05, 0) is 17.5 Å². The van der Waals surface area contributed by atoms with Gasteiger partial charge in [-0.15, -0.1) is 0 Å². The molecule has 0 bridgehead atoms. The Balaban J connectivity index is 3.22. The Bertz CT molecular complexity index is 412. The lowest BCUT2D eigenvalue weighted by Crippen LogP contribution is -2.38.